The summed E-state index contributed by atoms with van der Waals surface area (Å²) in [5, 5.41) is 0. The van der Waals surface area contributed by atoms with Crippen molar-refractivity contribution in [2.75, 3.05) is 52.6 Å². The van der Waals surface area contributed by atoms with Gasteiger partial charge in [0.25, 0.3) is 21.9 Å². The van der Waals surface area contributed by atoms with E-state index in [1.807, 2.05) is 23.9 Å². The van der Waals surface area contributed by atoms with Crippen LogP contribution in [0.4, 0.5) is 0 Å². The molecule has 0 saturated carbocycles. The first-order valence-corrected chi connectivity index (χ1v) is 30.4. The number of unbranched alkanes of at least 4 members (excludes halogenated alkanes) is 36. The van der Waals surface area contributed by atoms with Gasteiger partial charge in [-0.2, -0.15) is 8.42 Å². The van der Waals surface area contributed by atoms with Gasteiger partial charge in [0.1, 0.15) is 0 Å². The molecule has 0 atom stereocenters. The molecule has 0 aliphatic heterocycles. The molecular formula is C56H114N3O5S+. The SMILES string of the molecule is CCCCCCCCCCCCN(CCCCCCCCCCCC)C(=O)C(C(=O)N(CCCCCCCCCCCC)CCCCCCCCCCCC)[N+](C)(C)CCCS(=O)(=O)O. The molecule has 0 radical (unpaired) electrons. The van der Waals surface area contributed by atoms with Crippen molar-refractivity contribution in [2.45, 2.75) is 297 Å². The molecule has 2 amide bonds. The molecule has 0 heterocycles. The molecule has 9 heteroatoms. The molecule has 0 bridgehead atoms. The van der Waals surface area contributed by atoms with Crippen LogP contribution in [0.25, 0.3) is 0 Å². The van der Waals surface area contributed by atoms with E-state index in [0.717, 1.165) is 51.4 Å². The highest BCUT2D eigenvalue weighted by Crippen LogP contribution is 2.21. The van der Waals surface area contributed by atoms with Crippen molar-refractivity contribution in [3.05, 3.63) is 0 Å². The molecule has 0 aromatic carbocycles. The number of amides is 2. The van der Waals surface area contributed by atoms with Crippen molar-refractivity contribution < 1.29 is 27.0 Å². The number of likely N-dealkylation sites (N-methyl/N-ethyl adjacent to an activating group) is 1. The third-order valence-corrected chi connectivity index (χ3v) is 14.9. The Morgan fingerprint density at radius 1 is 0.369 bits per heavy atom. The zero-order valence-corrected chi connectivity index (χ0v) is 45.5. The highest BCUT2D eigenvalue weighted by Gasteiger charge is 2.45. The Morgan fingerprint density at radius 3 is 0.769 bits per heavy atom. The zero-order valence-electron chi connectivity index (χ0n) is 44.6. The van der Waals surface area contributed by atoms with Crippen LogP contribution >= 0.6 is 0 Å². The van der Waals surface area contributed by atoms with Gasteiger partial charge >= 0.3 is 0 Å². The largest absolute Gasteiger partial charge is 0.337 e. The number of quaternary nitrogens is 1. The smallest absolute Gasteiger partial charge is 0.291 e. The molecule has 388 valence electrons. The van der Waals surface area contributed by atoms with Crippen LogP contribution in [0.3, 0.4) is 0 Å². The van der Waals surface area contributed by atoms with Crippen molar-refractivity contribution in [3.8, 4) is 0 Å². The predicted octanol–water partition coefficient (Wildman–Crippen LogP) is 16.1. The van der Waals surface area contributed by atoms with Gasteiger partial charge in [-0.3, -0.25) is 14.1 Å². The first kappa shape index (κ1) is 63.8. The Morgan fingerprint density at radius 2 is 0.569 bits per heavy atom. The lowest BCUT2D eigenvalue weighted by molar-refractivity contribution is -0.897. The van der Waals surface area contributed by atoms with Crippen LogP contribution < -0.4 is 0 Å². The van der Waals surface area contributed by atoms with Crippen LogP contribution in [0.1, 0.15) is 291 Å². The van der Waals surface area contributed by atoms with Gasteiger partial charge in [0, 0.05) is 32.6 Å². The molecule has 0 spiro atoms. The van der Waals surface area contributed by atoms with Gasteiger partial charge in [0.15, 0.2) is 0 Å². The van der Waals surface area contributed by atoms with E-state index in [9.17, 15) is 13.0 Å². The average molecular weight is 942 g/mol. The van der Waals surface area contributed by atoms with Crippen LogP contribution in [0.2, 0.25) is 0 Å². The minimum Gasteiger partial charge on any atom is -0.337 e. The highest BCUT2D eigenvalue weighted by atomic mass is 32.2. The molecule has 1 N–H and O–H groups in total. The lowest BCUT2D eigenvalue weighted by atomic mass is 10.0. The van der Waals surface area contributed by atoms with E-state index in [-0.39, 0.29) is 28.5 Å². The second kappa shape index (κ2) is 45.3. The summed E-state index contributed by atoms with van der Waals surface area (Å²) >= 11 is 0. The first-order valence-electron chi connectivity index (χ1n) is 28.8. The summed E-state index contributed by atoms with van der Waals surface area (Å²) < 4.78 is 33.5. The molecule has 0 aliphatic rings. The average Bonchev–Trinajstić information content (AvgIpc) is 3.26. The van der Waals surface area contributed by atoms with E-state index in [2.05, 4.69) is 27.7 Å². The quantitative estimate of drug-likeness (QED) is 0.0284. The first-order chi connectivity index (χ1) is 31.4. The summed E-state index contributed by atoms with van der Waals surface area (Å²) in [5.74, 6) is -0.546. The number of rotatable bonds is 51. The van der Waals surface area contributed by atoms with Crippen LogP contribution in [0, 0.1) is 0 Å². The molecule has 0 aromatic rings. The number of hydrogen-bond acceptors (Lipinski definition) is 4. The van der Waals surface area contributed by atoms with Gasteiger partial charge in [-0.05, 0) is 25.7 Å². The maximum atomic E-state index is 15.2. The van der Waals surface area contributed by atoms with Crippen molar-refractivity contribution in [2.24, 2.45) is 0 Å². The zero-order chi connectivity index (χ0) is 48.1. The molecule has 0 saturated heterocycles. The normalized spacial score (nSPS) is 12.1. The maximum absolute atomic E-state index is 15.2. The van der Waals surface area contributed by atoms with E-state index in [0.29, 0.717) is 32.7 Å². The van der Waals surface area contributed by atoms with Crippen LogP contribution in [0.5, 0.6) is 0 Å². The molecule has 8 nitrogen and oxygen atoms in total. The minimum atomic E-state index is -4.16. The van der Waals surface area contributed by atoms with Gasteiger partial charge in [-0.25, -0.2) is 0 Å². The van der Waals surface area contributed by atoms with Crippen LogP contribution in [0.15, 0.2) is 0 Å². The predicted molar refractivity (Wildman–Crippen MR) is 282 cm³/mol. The van der Waals surface area contributed by atoms with E-state index in [4.69, 9.17) is 0 Å². The van der Waals surface area contributed by atoms with Crippen molar-refractivity contribution in [1.82, 2.24) is 9.80 Å². The standard InChI is InChI=1S/C56H113N3O5S/c1-7-11-15-19-23-27-31-35-39-43-48-57(49-44-40-36-32-28-24-20-16-12-8-2)55(60)54(59(5,6)52-47-53-65(62,63)64)56(61)58(50-45-41-37-33-29-25-21-17-13-9-3)51-46-42-38-34-30-26-22-18-14-10-4/h54H,7-53H2,1-6H3/p+1. The highest BCUT2D eigenvalue weighted by molar-refractivity contribution is 7.85. The molecule has 0 aromatic heterocycles. The number of carbonyl (C=O) groups excluding carboxylic acids is 2. The fourth-order valence-electron chi connectivity index (χ4n) is 9.66. The Labute approximate surface area is 406 Å². The fraction of sp³-hybridized carbons (Fsp3) is 0.964. The van der Waals surface area contributed by atoms with E-state index in [1.54, 1.807) is 0 Å². The third kappa shape index (κ3) is 39.4. The van der Waals surface area contributed by atoms with Gasteiger partial charge in [0.05, 0.1) is 26.4 Å². The maximum Gasteiger partial charge on any atom is 0.291 e. The topological polar surface area (TPSA) is 95.0 Å². The van der Waals surface area contributed by atoms with Crippen molar-refractivity contribution in [1.29, 1.82) is 0 Å². The Bertz CT molecular complexity index is 1050. The molecule has 0 aliphatic carbocycles. The second-order valence-corrected chi connectivity index (χ2v) is 22.5. The Hall–Kier alpha value is -1.19. The summed E-state index contributed by atoms with van der Waals surface area (Å²) in [5.41, 5.74) is 0. The van der Waals surface area contributed by atoms with Crippen molar-refractivity contribution in [3.63, 3.8) is 0 Å². The molecule has 0 rings (SSSR count). The van der Waals surface area contributed by atoms with E-state index in [1.165, 1.54) is 205 Å². The number of hydrogen-bond donors (Lipinski definition) is 1. The lowest BCUT2D eigenvalue weighted by Crippen LogP contribution is -2.64. The van der Waals surface area contributed by atoms with Crippen molar-refractivity contribution >= 4 is 21.9 Å². The van der Waals surface area contributed by atoms with E-state index >= 15 is 9.59 Å². The van der Waals surface area contributed by atoms with Gasteiger partial charge in [0.2, 0.25) is 6.04 Å². The summed E-state index contributed by atoms with van der Waals surface area (Å²) in [6.45, 7) is 12.0. The summed E-state index contributed by atoms with van der Waals surface area (Å²) in [7, 11) is -0.291. The number of nitrogens with zero attached hydrogens (tertiary/aromatic N) is 3. The monoisotopic (exact) mass is 941 g/mol. The summed E-state index contributed by atoms with van der Waals surface area (Å²) in [6, 6.07) is -0.936. The lowest BCUT2D eigenvalue weighted by Gasteiger charge is -2.40. The van der Waals surface area contributed by atoms with Gasteiger partial charge in [-0.1, -0.05) is 259 Å². The molecule has 0 fully saturated rings. The van der Waals surface area contributed by atoms with Crippen LogP contribution in [-0.4, -0.2) is 97.7 Å². The van der Waals surface area contributed by atoms with Gasteiger partial charge < -0.3 is 14.3 Å². The third-order valence-electron chi connectivity index (χ3n) is 14.1. The van der Waals surface area contributed by atoms with Crippen LogP contribution in [-0.2, 0) is 19.7 Å². The second-order valence-electron chi connectivity index (χ2n) is 20.9. The molecular weight excluding hydrogens is 827 g/mol. The minimum absolute atomic E-state index is 0.0881. The molecule has 65 heavy (non-hydrogen) atoms. The molecule has 0 unspecified atom stereocenters. The number of carbonyl (C=O) groups is 2. The summed E-state index contributed by atoms with van der Waals surface area (Å²) in [6.07, 6.45) is 49.5. The fourth-order valence-corrected chi connectivity index (χ4v) is 10.2. The van der Waals surface area contributed by atoms with Gasteiger partial charge in [-0.15, -0.1) is 0 Å². The van der Waals surface area contributed by atoms with E-state index < -0.39 is 16.2 Å². The Kier molecular flexibility index (Phi) is 44.4. The summed E-state index contributed by atoms with van der Waals surface area (Å²) in [4.78, 5) is 34.4. The Balaban J connectivity index is 6.13.